The number of carbonyl (C=O) groups is 1. The SMILES string of the molecule is Nc1ccc(C=CCCNC(=O)OCC2c3ccccc3-c3ccccc32)cc1CO. The first-order chi connectivity index (χ1) is 15.2. The molecule has 1 amide bonds. The number of hydrogen-bond donors (Lipinski definition) is 3. The van der Waals surface area contributed by atoms with Crippen LogP contribution in [0.3, 0.4) is 0 Å². The highest BCUT2D eigenvalue weighted by atomic mass is 16.5. The van der Waals surface area contributed by atoms with Gasteiger partial charge >= 0.3 is 6.09 Å². The van der Waals surface area contributed by atoms with Crippen LogP contribution in [0.25, 0.3) is 17.2 Å². The molecule has 5 heteroatoms. The van der Waals surface area contributed by atoms with E-state index in [9.17, 15) is 9.90 Å². The van der Waals surface area contributed by atoms with Gasteiger partial charge in [-0.15, -0.1) is 0 Å². The molecule has 0 spiro atoms. The van der Waals surface area contributed by atoms with Gasteiger partial charge in [-0.25, -0.2) is 4.79 Å². The average molecular weight is 415 g/mol. The van der Waals surface area contributed by atoms with Gasteiger partial charge in [-0.2, -0.15) is 0 Å². The van der Waals surface area contributed by atoms with E-state index in [0.29, 0.717) is 30.8 Å². The Balaban J connectivity index is 1.27. The fourth-order valence-corrected chi connectivity index (χ4v) is 3.99. The summed E-state index contributed by atoms with van der Waals surface area (Å²) in [5, 5.41) is 12.1. The fraction of sp³-hybridized carbons (Fsp3) is 0.192. The Morgan fingerprint density at radius 1 is 1.03 bits per heavy atom. The summed E-state index contributed by atoms with van der Waals surface area (Å²) in [6.45, 7) is 0.705. The zero-order chi connectivity index (χ0) is 21.6. The molecule has 0 unspecified atom stereocenters. The van der Waals surface area contributed by atoms with Crippen LogP contribution in [-0.4, -0.2) is 24.4 Å². The van der Waals surface area contributed by atoms with Gasteiger partial charge in [0.05, 0.1) is 6.61 Å². The molecule has 1 aliphatic rings. The van der Waals surface area contributed by atoms with Crippen molar-refractivity contribution in [1.82, 2.24) is 5.32 Å². The molecule has 0 fully saturated rings. The summed E-state index contributed by atoms with van der Waals surface area (Å²) in [6.07, 6.45) is 4.17. The van der Waals surface area contributed by atoms with E-state index in [1.165, 1.54) is 22.3 Å². The lowest BCUT2D eigenvalue weighted by Crippen LogP contribution is -2.26. The van der Waals surface area contributed by atoms with Crippen molar-refractivity contribution in [3.8, 4) is 11.1 Å². The van der Waals surface area contributed by atoms with E-state index in [4.69, 9.17) is 10.5 Å². The second-order valence-corrected chi connectivity index (χ2v) is 7.56. The van der Waals surface area contributed by atoms with E-state index < -0.39 is 6.09 Å². The first-order valence-corrected chi connectivity index (χ1v) is 10.4. The van der Waals surface area contributed by atoms with Gasteiger partial charge in [0.1, 0.15) is 6.61 Å². The standard InChI is InChI=1S/C26H26N2O3/c27-25-13-12-18(15-19(25)16-29)7-5-6-14-28-26(30)31-17-24-22-10-3-1-8-20(22)21-9-2-4-11-23(21)24/h1-5,7-13,15,24,29H,6,14,16-17,27H2,(H,28,30). The number of aliphatic hydroxyl groups is 1. The average Bonchev–Trinajstić information content (AvgIpc) is 3.12. The number of ether oxygens (including phenoxy) is 1. The molecule has 3 aromatic carbocycles. The van der Waals surface area contributed by atoms with Gasteiger partial charge < -0.3 is 20.9 Å². The second-order valence-electron chi connectivity index (χ2n) is 7.56. The van der Waals surface area contributed by atoms with Crippen molar-refractivity contribution >= 4 is 17.9 Å². The normalized spacial score (nSPS) is 12.5. The van der Waals surface area contributed by atoms with Crippen LogP contribution >= 0.6 is 0 Å². The minimum Gasteiger partial charge on any atom is -0.449 e. The topological polar surface area (TPSA) is 84.6 Å². The maximum Gasteiger partial charge on any atom is 0.407 e. The number of alkyl carbamates (subject to hydrolysis) is 1. The molecular weight excluding hydrogens is 388 g/mol. The first-order valence-electron chi connectivity index (χ1n) is 10.4. The summed E-state index contributed by atoms with van der Waals surface area (Å²) in [5.74, 6) is 0.0595. The predicted octanol–water partition coefficient (Wildman–Crippen LogP) is 4.70. The number of fused-ring (bicyclic) bond motifs is 3. The van der Waals surface area contributed by atoms with E-state index in [1.807, 2.05) is 48.6 Å². The summed E-state index contributed by atoms with van der Waals surface area (Å²) in [7, 11) is 0. The number of carbonyl (C=O) groups excluding carboxylic acids is 1. The number of nitrogens with two attached hydrogens (primary N) is 1. The predicted molar refractivity (Wildman–Crippen MR) is 123 cm³/mol. The summed E-state index contributed by atoms with van der Waals surface area (Å²) < 4.78 is 5.53. The molecule has 158 valence electrons. The highest BCUT2D eigenvalue weighted by molar-refractivity contribution is 5.79. The maximum atomic E-state index is 12.2. The van der Waals surface area contributed by atoms with E-state index in [-0.39, 0.29) is 12.5 Å². The molecular formula is C26H26N2O3. The zero-order valence-corrected chi connectivity index (χ0v) is 17.3. The number of benzene rings is 3. The van der Waals surface area contributed by atoms with Crippen LogP contribution in [0, 0.1) is 0 Å². The smallest absolute Gasteiger partial charge is 0.407 e. The molecule has 0 aromatic heterocycles. The molecule has 3 aromatic rings. The van der Waals surface area contributed by atoms with Crippen LogP contribution in [0.4, 0.5) is 10.5 Å². The number of rotatable bonds is 7. The molecule has 0 heterocycles. The van der Waals surface area contributed by atoms with Crippen molar-refractivity contribution in [2.24, 2.45) is 0 Å². The molecule has 5 nitrogen and oxygen atoms in total. The molecule has 31 heavy (non-hydrogen) atoms. The van der Waals surface area contributed by atoms with Gasteiger partial charge in [0.15, 0.2) is 0 Å². The van der Waals surface area contributed by atoms with Crippen LogP contribution in [0.1, 0.15) is 34.6 Å². The lowest BCUT2D eigenvalue weighted by molar-refractivity contribution is 0.143. The van der Waals surface area contributed by atoms with Crippen LogP contribution < -0.4 is 11.1 Å². The van der Waals surface area contributed by atoms with E-state index in [2.05, 4.69) is 29.6 Å². The molecule has 0 atom stereocenters. The number of nitrogen functional groups attached to an aromatic ring is 1. The van der Waals surface area contributed by atoms with E-state index in [0.717, 1.165) is 5.56 Å². The molecule has 0 saturated heterocycles. The molecule has 0 radical (unpaired) electrons. The third kappa shape index (κ3) is 4.62. The van der Waals surface area contributed by atoms with Crippen molar-refractivity contribution in [2.45, 2.75) is 18.9 Å². The Morgan fingerprint density at radius 3 is 2.39 bits per heavy atom. The van der Waals surface area contributed by atoms with Gasteiger partial charge in [-0.05, 0) is 46.4 Å². The minimum atomic E-state index is -0.412. The molecule has 0 bridgehead atoms. The van der Waals surface area contributed by atoms with Gasteiger partial charge in [-0.3, -0.25) is 0 Å². The van der Waals surface area contributed by atoms with Crippen LogP contribution in [-0.2, 0) is 11.3 Å². The highest BCUT2D eigenvalue weighted by Crippen LogP contribution is 2.44. The number of amides is 1. The van der Waals surface area contributed by atoms with Crippen molar-refractivity contribution < 1.29 is 14.6 Å². The monoisotopic (exact) mass is 414 g/mol. The van der Waals surface area contributed by atoms with E-state index in [1.54, 1.807) is 6.07 Å². The quantitative estimate of drug-likeness (QED) is 0.386. The van der Waals surface area contributed by atoms with Gasteiger partial charge in [0.25, 0.3) is 0 Å². The number of nitrogens with one attached hydrogen (secondary N) is 1. The third-order valence-corrected chi connectivity index (χ3v) is 5.57. The molecule has 4 rings (SSSR count). The maximum absolute atomic E-state index is 12.2. The van der Waals surface area contributed by atoms with Crippen LogP contribution in [0.2, 0.25) is 0 Å². The minimum absolute atomic E-state index is 0.0595. The van der Waals surface area contributed by atoms with Crippen molar-refractivity contribution in [3.63, 3.8) is 0 Å². The second kappa shape index (κ2) is 9.49. The third-order valence-electron chi connectivity index (χ3n) is 5.57. The number of aliphatic hydroxyl groups excluding tert-OH is 1. The Bertz CT molecular complexity index is 1060. The molecule has 4 N–H and O–H groups in total. The van der Waals surface area contributed by atoms with Gasteiger partial charge in [0.2, 0.25) is 0 Å². The Hall–Kier alpha value is -3.57. The molecule has 1 aliphatic carbocycles. The zero-order valence-electron chi connectivity index (χ0n) is 17.3. The van der Waals surface area contributed by atoms with Crippen molar-refractivity contribution in [2.75, 3.05) is 18.9 Å². The highest BCUT2D eigenvalue weighted by Gasteiger charge is 2.28. The first kappa shape index (κ1) is 20.7. The number of anilines is 1. The number of hydrogen-bond acceptors (Lipinski definition) is 4. The van der Waals surface area contributed by atoms with Crippen LogP contribution in [0.15, 0.2) is 72.8 Å². The Morgan fingerprint density at radius 2 is 1.71 bits per heavy atom. The summed E-state index contributed by atoms with van der Waals surface area (Å²) >= 11 is 0. The fourth-order valence-electron chi connectivity index (χ4n) is 3.99. The summed E-state index contributed by atoms with van der Waals surface area (Å²) in [4.78, 5) is 12.2. The van der Waals surface area contributed by atoms with Crippen LogP contribution in [0.5, 0.6) is 0 Å². The lowest BCUT2D eigenvalue weighted by atomic mass is 9.98. The summed E-state index contributed by atoms with van der Waals surface area (Å²) in [5.41, 5.74) is 12.9. The van der Waals surface area contributed by atoms with Crippen molar-refractivity contribution in [3.05, 3.63) is 95.1 Å². The largest absolute Gasteiger partial charge is 0.449 e. The molecule has 0 aliphatic heterocycles. The van der Waals surface area contributed by atoms with Gasteiger partial charge in [-0.1, -0.05) is 66.7 Å². The van der Waals surface area contributed by atoms with E-state index >= 15 is 0 Å². The summed E-state index contributed by atoms with van der Waals surface area (Å²) in [6, 6.07) is 22.1. The Kier molecular flexibility index (Phi) is 6.34. The van der Waals surface area contributed by atoms with Crippen molar-refractivity contribution in [1.29, 1.82) is 0 Å². The molecule has 0 saturated carbocycles. The lowest BCUT2D eigenvalue weighted by Gasteiger charge is -2.14. The van der Waals surface area contributed by atoms with Gasteiger partial charge in [0, 0.05) is 23.7 Å². The Labute approximate surface area is 182 Å².